The summed E-state index contributed by atoms with van der Waals surface area (Å²) in [7, 11) is 0. The summed E-state index contributed by atoms with van der Waals surface area (Å²) >= 11 is 0. The van der Waals surface area contributed by atoms with Crippen LogP contribution in [0.25, 0.3) is 11.1 Å². The second kappa shape index (κ2) is 6.93. The Balaban J connectivity index is 1.64. The van der Waals surface area contributed by atoms with Crippen molar-refractivity contribution in [2.75, 3.05) is 0 Å². The Bertz CT molecular complexity index is 809. The van der Waals surface area contributed by atoms with E-state index in [0.29, 0.717) is 30.4 Å². The molecule has 0 saturated heterocycles. The summed E-state index contributed by atoms with van der Waals surface area (Å²) in [4.78, 5) is 23.9. The van der Waals surface area contributed by atoms with E-state index in [0.717, 1.165) is 0 Å². The Morgan fingerprint density at radius 3 is 2.72 bits per heavy atom. The summed E-state index contributed by atoms with van der Waals surface area (Å²) in [6.07, 6.45) is -2.83. The fourth-order valence-corrected chi connectivity index (χ4v) is 3.41. The molecule has 1 aromatic heterocycles. The van der Waals surface area contributed by atoms with Crippen LogP contribution in [0.15, 0.2) is 33.5 Å². The number of halogens is 3. The number of alkyl halides is 3. The van der Waals surface area contributed by atoms with Crippen LogP contribution in [0.5, 0.6) is 0 Å². The van der Waals surface area contributed by atoms with E-state index in [-0.39, 0.29) is 19.4 Å². The molecule has 1 aliphatic rings. The van der Waals surface area contributed by atoms with E-state index in [2.05, 4.69) is 5.32 Å². The molecule has 1 saturated carbocycles. The molecule has 3 rings (SSSR count). The van der Waals surface area contributed by atoms with Crippen molar-refractivity contribution in [1.82, 2.24) is 9.88 Å². The maximum absolute atomic E-state index is 13.1. The van der Waals surface area contributed by atoms with Crippen molar-refractivity contribution in [3.05, 3.63) is 34.8 Å². The van der Waals surface area contributed by atoms with Crippen molar-refractivity contribution in [3.63, 3.8) is 0 Å². The van der Waals surface area contributed by atoms with Crippen LogP contribution in [0, 0.1) is 5.92 Å². The van der Waals surface area contributed by atoms with Crippen LogP contribution in [-0.2, 0) is 11.3 Å². The van der Waals surface area contributed by atoms with Gasteiger partial charge in [-0.15, -0.1) is 0 Å². The molecule has 1 N–H and O–H groups in total. The first-order valence-electron chi connectivity index (χ1n) is 8.30. The highest BCUT2D eigenvalue weighted by atomic mass is 19.4. The number of carbonyl (C=O) groups excluding carboxylic acids is 1. The highest BCUT2D eigenvalue weighted by molar-refractivity contribution is 5.77. The number of carbonyl (C=O) groups is 1. The number of benzene rings is 1. The van der Waals surface area contributed by atoms with Gasteiger partial charge in [0.25, 0.3) is 0 Å². The molecule has 5 nitrogen and oxygen atoms in total. The number of aromatic nitrogens is 1. The SMILES string of the molecule is O=C(CCn1c(=O)oc2ccccc21)NC1CCCCC1C(F)(F)F. The maximum Gasteiger partial charge on any atom is 0.419 e. The van der Waals surface area contributed by atoms with Crippen LogP contribution in [0.3, 0.4) is 0 Å². The molecule has 1 heterocycles. The zero-order valence-corrected chi connectivity index (χ0v) is 13.5. The standard InChI is InChI=1S/C17H19F3N2O3/c18-17(19,20)11-5-1-2-6-12(11)21-15(23)9-10-22-13-7-3-4-8-14(13)25-16(22)24/h3-4,7-8,11-12H,1-2,5-6,9-10H2,(H,21,23). The summed E-state index contributed by atoms with van der Waals surface area (Å²) in [5, 5.41) is 2.50. The molecular formula is C17H19F3N2O3. The van der Waals surface area contributed by atoms with E-state index < -0.39 is 29.8 Å². The molecule has 2 unspecified atom stereocenters. The lowest BCUT2D eigenvalue weighted by atomic mass is 9.84. The van der Waals surface area contributed by atoms with Crippen LogP contribution in [0.1, 0.15) is 32.1 Å². The third-order valence-corrected chi connectivity index (χ3v) is 4.67. The van der Waals surface area contributed by atoms with E-state index in [1.165, 1.54) is 4.57 Å². The minimum atomic E-state index is -4.31. The molecule has 136 valence electrons. The zero-order chi connectivity index (χ0) is 18.0. The summed E-state index contributed by atoms with van der Waals surface area (Å²) in [6.45, 7) is 0.0606. The summed E-state index contributed by atoms with van der Waals surface area (Å²) in [5.74, 6) is -2.57. The van der Waals surface area contributed by atoms with Gasteiger partial charge in [-0.05, 0) is 25.0 Å². The van der Waals surface area contributed by atoms with Gasteiger partial charge < -0.3 is 9.73 Å². The third-order valence-electron chi connectivity index (χ3n) is 4.67. The Labute approximate surface area is 141 Å². The molecule has 1 aromatic carbocycles. The molecule has 2 aromatic rings. The first kappa shape index (κ1) is 17.6. The van der Waals surface area contributed by atoms with Gasteiger partial charge in [-0.2, -0.15) is 13.2 Å². The van der Waals surface area contributed by atoms with E-state index in [1.54, 1.807) is 24.3 Å². The number of para-hydroxylation sites is 2. The average molecular weight is 356 g/mol. The van der Waals surface area contributed by atoms with Gasteiger partial charge in [0.05, 0.1) is 11.4 Å². The van der Waals surface area contributed by atoms with Crippen LogP contribution in [0.2, 0.25) is 0 Å². The van der Waals surface area contributed by atoms with Crippen molar-refractivity contribution >= 4 is 17.0 Å². The number of hydrogen-bond donors (Lipinski definition) is 1. The molecule has 8 heteroatoms. The third kappa shape index (κ3) is 3.88. The number of oxazole rings is 1. The van der Waals surface area contributed by atoms with E-state index >= 15 is 0 Å². The summed E-state index contributed by atoms with van der Waals surface area (Å²) < 4.78 is 45.6. The van der Waals surface area contributed by atoms with E-state index in [4.69, 9.17) is 4.42 Å². The fourth-order valence-electron chi connectivity index (χ4n) is 3.41. The first-order valence-corrected chi connectivity index (χ1v) is 8.30. The van der Waals surface area contributed by atoms with Crippen molar-refractivity contribution in [2.45, 2.75) is 50.9 Å². The molecule has 0 bridgehead atoms. The highest BCUT2D eigenvalue weighted by Crippen LogP contribution is 2.37. The van der Waals surface area contributed by atoms with Crippen LogP contribution < -0.4 is 11.1 Å². The molecular weight excluding hydrogens is 337 g/mol. The molecule has 0 spiro atoms. The predicted molar refractivity (Wildman–Crippen MR) is 85.0 cm³/mol. The molecule has 0 aliphatic heterocycles. The van der Waals surface area contributed by atoms with Gasteiger partial charge in [-0.1, -0.05) is 25.0 Å². The minimum absolute atomic E-state index is 0.0419. The lowest BCUT2D eigenvalue weighted by Gasteiger charge is -2.33. The van der Waals surface area contributed by atoms with Gasteiger partial charge in [0.1, 0.15) is 0 Å². The van der Waals surface area contributed by atoms with Crippen molar-refractivity contribution in [2.24, 2.45) is 5.92 Å². The molecule has 1 aliphatic carbocycles. The largest absolute Gasteiger partial charge is 0.419 e. The number of nitrogens with one attached hydrogen (secondary N) is 1. The second-order valence-electron chi connectivity index (χ2n) is 6.34. The minimum Gasteiger partial charge on any atom is -0.408 e. The van der Waals surface area contributed by atoms with Gasteiger partial charge >= 0.3 is 11.9 Å². The Morgan fingerprint density at radius 1 is 1.24 bits per heavy atom. The maximum atomic E-state index is 13.1. The highest BCUT2D eigenvalue weighted by Gasteiger charge is 2.45. The monoisotopic (exact) mass is 356 g/mol. The molecule has 25 heavy (non-hydrogen) atoms. The Kier molecular flexibility index (Phi) is 4.87. The summed E-state index contributed by atoms with van der Waals surface area (Å²) in [5.41, 5.74) is 0.975. The van der Waals surface area contributed by atoms with Gasteiger partial charge in [0, 0.05) is 19.0 Å². The topological polar surface area (TPSA) is 64.2 Å². The van der Waals surface area contributed by atoms with Gasteiger partial charge in [-0.25, -0.2) is 4.79 Å². The van der Waals surface area contributed by atoms with Crippen LogP contribution in [-0.4, -0.2) is 22.7 Å². The Morgan fingerprint density at radius 2 is 1.96 bits per heavy atom. The number of hydrogen-bond acceptors (Lipinski definition) is 3. The molecule has 1 fully saturated rings. The van der Waals surface area contributed by atoms with Crippen LogP contribution >= 0.6 is 0 Å². The van der Waals surface area contributed by atoms with Crippen molar-refractivity contribution < 1.29 is 22.4 Å². The molecule has 2 atom stereocenters. The van der Waals surface area contributed by atoms with E-state index in [9.17, 15) is 22.8 Å². The van der Waals surface area contributed by atoms with Crippen molar-refractivity contribution in [1.29, 1.82) is 0 Å². The van der Waals surface area contributed by atoms with Gasteiger partial charge in [0.2, 0.25) is 5.91 Å². The molecule has 1 amide bonds. The smallest absolute Gasteiger partial charge is 0.408 e. The number of rotatable bonds is 4. The number of nitrogens with zero attached hydrogens (tertiary/aromatic N) is 1. The van der Waals surface area contributed by atoms with E-state index in [1.807, 2.05) is 0 Å². The van der Waals surface area contributed by atoms with Crippen LogP contribution in [0.4, 0.5) is 13.2 Å². The number of fused-ring (bicyclic) bond motifs is 1. The summed E-state index contributed by atoms with van der Waals surface area (Å²) in [6, 6.07) is 5.91. The lowest BCUT2D eigenvalue weighted by Crippen LogP contribution is -2.47. The zero-order valence-electron chi connectivity index (χ0n) is 13.5. The van der Waals surface area contributed by atoms with Crippen molar-refractivity contribution in [3.8, 4) is 0 Å². The normalized spacial score (nSPS) is 21.4. The number of amides is 1. The molecule has 0 radical (unpaired) electrons. The predicted octanol–water partition coefficient (Wildman–Crippen LogP) is 3.22. The van der Waals surface area contributed by atoms with Gasteiger partial charge in [0.15, 0.2) is 5.58 Å². The number of aryl methyl sites for hydroxylation is 1. The fraction of sp³-hybridized carbons (Fsp3) is 0.529. The quantitative estimate of drug-likeness (QED) is 0.915. The second-order valence-corrected chi connectivity index (χ2v) is 6.34. The first-order chi connectivity index (χ1) is 11.9. The van der Waals surface area contributed by atoms with Gasteiger partial charge in [-0.3, -0.25) is 9.36 Å². The average Bonchev–Trinajstić information content (AvgIpc) is 2.87. The Hall–Kier alpha value is -2.25. The lowest BCUT2D eigenvalue weighted by molar-refractivity contribution is -0.189.